The number of hydrogen-bond donors (Lipinski definition) is 0. The molecule has 4 aromatic rings. The first-order chi connectivity index (χ1) is 13.2. The van der Waals surface area contributed by atoms with Crippen molar-refractivity contribution in [3.05, 3.63) is 83.4 Å². The molecule has 0 saturated heterocycles. The maximum Gasteiger partial charge on any atom is 0.338 e. The van der Waals surface area contributed by atoms with Crippen LogP contribution in [0, 0.1) is 0 Å². The Morgan fingerprint density at radius 2 is 1.59 bits per heavy atom. The van der Waals surface area contributed by atoms with Gasteiger partial charge in [0.1, 0.15) is 11.3 Å². The number of hydrogen-bond acceptors (Lipinski definition) is 3. The van der Waals surface area contributed by atoms with Crippen molar-refractivity contribution in [2.45, 2.75) is 6.92 Å². The molecule has 0 bridgehead atoms. The van der Waals surface area contributed by atoms with E-state index in [1.54, 1.807) is 19.1 Å². The van der Waals surface area contributed by atoms with E-state index < -0.39 is 0 Å². The second-order valence-electron chi connectivity index (χ2n) is 6.11. The first-order valence-corrected chi connectivity index (χ1v) is 9.10. The molecule has 3 aromatic carbocycles. The Balaban J connectivity index is 1.86. The van der Waals surface area contributed by atoms with Gasteiger partial charge in [-0.25, -0.2) is 4.79 Å². The first-order valence-electron chi connectivity index (χ1n) is 8.72. The van der Waals surface area contributed by atoms with E-state index in [9.17, 15) is 4.79 Å². The molecule has 0 aliphatic heterocycles. The lowest BCUT2D eigenvalue weighted by Crippen LogP contribution is -2.04. The fourth-order valence-corrected chi connectivity index (χ4v) is 3.25. The lowest BCUT2D eigenvalue weighted by molar-refractivity contribution is 0.0526. The second kappa shape index (κ2) is 7.29. The van der Waals surface area contributed by atoms with Crippen LogP contribution in [0.4, 0.5) is 0 Å². The third-order valence-corrected chi connectivity index (χ3v) is 4.64. The van der Waals surface area contributed by atoms with E-state index >= 15 is 0 Å². The molecule has 0 saturated carbocycles. The lowest BCUT2D eigenvalue weighted by atomic mass is 9.98. The molecule has 0 radical (unpaired) electrons. The maximum atomic E-state index is 11.9. The summed E-state index contributed by atoms with van der Waals surface area (Å²) in [5.41, 5.74) is 4.25. The molecule has 0 aliphatic carbocycles. The zero-order valence-corrected chi connectivity index (χ0v) is 15.5. The maximum absolute atomic E-state index is 11.9. The summed E-state index contributed by atoms with van der Waals surface area (Å²) in [5, 5.41) is 1.70. The van der Waals surface area contributed by atoms with E-state index in [-0.39, 0.29) is 5.97 Å². The number of carbonyl (C=O) groups excluding carboxylic acids is 1. The molecule has 0 unspecified atom stereocenters. The SMILES string of the molecule is CCOC(=O)c1ccc(-c2c(-c3ccc(Cl)cc3)oc3ccccc23)cc1. The predicted molar refractivity (Wildman–Crippen MR) is 108 cm³/mol. The van der Waals surface area contributed by atoms with Gasteiger partial charge in [-0.2, -0.15) is 0 Å². The molecule has 0 N–H and O–H groups in total. The van der Waals surface area contributed by atoms with Crippen LogP contribution in [0.1, 0.15) is 17.3 Å². The predicted octanol–water partition coefficient (Wildman–Crippen LogP) is 6.60. The number of esters is 1. The number of carbonyl (C=O) groups is 1. The minimum absolute atomic E-state index is 0.320. The standard InChI is InChI=1S/C23H17ClO3/c1-2-26-23(25)17-9-7-15(8-10-17)21-19-5-3-4-6-20(19)27-22(21)16-11-13-18(24)14-12-16/h3-14H,2H2,1H3. The number of fused-ring (bicyclic) bond motifs is 1. The highest BCUT2D eigenvalue weighted by molar-refractivity contribution is 6.30. The Morgan fingerprint density at radius 3 is 2.30 bits per heavy atom. The number of rotatable bonds is 4. The van der Waals surface area contributed by atoms with Crippen LogP contribution in [0.25, 0.3) is 33.4 Å². The number of benzene rings is 3. The van der Waals surface area contributed by atoms with E-state index in [0.29, 0.717) is 17.2 Å². The summed E-state index contributed by atoms with van der Waals surface area (Å²) >= 11 is 6.03. The summed E-state index contributed by atoms with van der Waals surface area (Å²) in [6.45, 7) is 2.15. The molecule has 1 heterocycles. The molecule has 4 rings (SSSR count). The van der Waals surface area contributed by atoms with Gasteiger partial charge < -0.3 is 9.15 Å². The summed E-state index contributed by atoms with van der Waals surface area (Å²) in [7, 11) is 0. The molecule has 3 nitrogen and oxygen atoms in total. The zero-order chi connectivity index (χ0) is 18.8. The van der Waals surface area contributed by atoms with Crippen LogP contribution >= 0.6 is 11.6 Å². The van der Waals surface area contributed by atoms with Gasteiger partial charge in [-0.05, 0) is 55.0 Å². The molecule has 1 aromatic heterocycles. The van der Waals surface area contributed by atoms with E-state index in [0.717, 1.165) is 33.4 Å². The van der Waals surface area contributed by atoms with Crippen molar-refractivity contribution in [3.63, 3.8) is 0 Å². The molecule has 4 heteroatoms. The number of furan rings is 1. The first kappa shape index (κ1) is 17.4. The highest BCUT2D eigenvalue weighted by Gasteiger charge is 2.18. The Morgan fingerprint density at radius 1 is 0.926 bits per heavy atom. The van der Waals surface area contributed by atoms with Crippen molar-refractivity contribution in [1.29, 1.82) is 0 Å². The van der Waals surface area contributed by atoms with Gasteiger partial charge in [0.05, 0.1) is 12.2 Å². The molecule has 134 valence electrons. The van der Waals surface area contributed by atoms with Crippen LogP contribution in [0.2, 0.25) is 5.02 Å². The number of para-hydroxylation sites is 1. The molecule has 0 atom stereocenters. The van der Waals surface area contributed by atoms with Crippen LogP contribution in [0.5, 0.6) is 0 Å². The molecule has 0 fully saturated rings. The lowest BCUT2D eigenvalue weighted by Gasteiger charge is -2.06. The summed E-state index contributed by atoms with van der Waals surface area (Å²) in [6.07, 6.45) is 0. The highest BCUT2D eigenvalue weighted by atomic mass is 35.5. The summed E-state index contributed by atoms with van der Waals surface area (Å²) in [4.78, 5) is 11.9. The van der Waals surface area contributed by atoms with Crippen LogP contribution in [0.15, 0.2) is 77.2 Å². The largest absolute Gasteiger partial charge is 0.462 e. The van der Waals surface area contributed by atoms with E-state index in [1.165, 1.54) is 0 Å². The number of halogens is 1. The van der Waals surface area contributed by atoms with E-state index in [1.807, 2.05) is 60.7 Å². The van der Waals surface area contributed by atoms with Crippen LogP contribution in [-0.4, -0.2) is 12.6 Å². The summed E-state index contributed by atoms with van der Waals surface area (Å²) < 4.78 is 11.2. The minimum atomic E-state index is -0.320. The van der Waals surface area contributed by atoms with Crippen LogP contribution in [0.3, 0.4) is 0 Å². The molecular weight excluding hydrogens is 360 g/mol. The van der Waals surface area contributed by atoms with Crippen molar-refractivity contribution in [1.82, 2.24) is 0 Å². The van der Waals surface area contributed by atoms with Crippen molar-refractivity contribution in [2.24, 2.45) is 0 Å². The summed E-state index contributed by atoms with van der Waals surface area (Å²) in [5.74, 6) is 0.454. The molecule has 0 aliphatic rings. The second-order valence-corrected chi connectivity index (χ2v) is 6.54. The topological polar surface area (TPSA) is 39.4 Å². The van der Waals surface area contributed by atoms with Gasteiger partial charge >= 0.3 is 5.97 Å². The molecule has 0 spiro atoms. The monoisotopic (exact) mass is 376 g/mol. The van der Waals surface area contributed by atoms with Crippen molar-refractivity contribution < 1.29 is 13.9 Å². The van der Waals surface area contributed by atoms with Gasteiger partial charge in [-0.1, -0.05) is 41.9 Å². The van der Waals surface area contributed by atoms with E-state index in [4.69, 9.17) is 20.8 Å². The quantitative estimate of drug-likeness (QED) is 0.377. The molecular formula is C23H17ClO3. The Hall–Kier alpha value is -3.04. The van der Waals surface area contributed by atoms with Crippen molar-refractivity contribution in [2.75, 3.05) is 6.61 Å². The summed E-state index contributed by atoms with van der Waals surface area (Å²) in [6, 6.07) is 22.9. The smallest absolute Gasteiger partial charge is 0.338 e. The van der Waals surface area contributed by atoms with Gasteiger partial charge in [-0.15, -0.1) is 0 Å². The minimum Gasteiger partial charge on any atom is -0.462 e. The Labute approximate surface area is 162 Å². The third kappa shape index (κ3) is 3.34. The fourth-order valence-electron chi connectivity index (χ4n) is 3.12. The van der Waals surface area contributed by atoms with E-state index in [2.05, 4.69) is 0 Å². The average molecular weight is 377 g/mol. The van der Waals surface area contributed by atoms with Gasteiger partial charge in [0, 0.05) is 21.5 Å². The average Bonchev–Trinajstić information content (AvgIpc) is 3.08. The van der Waals surface area contributed by atoms with Crippen molar-refractivity contribution in [3.8, 4) is 22.5 Å². The zero-order valence-electron chi connectivity index (χ0n) is 14.7. The van der Waals surface area contributed by atoms with Crippen LogP contribution < -0.4 is 0 Å². The highest BCUT2D eigenvalue weighted by Crippen LogP contribution is 2.41. The molecule has 0 amide bonds. The van der Waals surface area contributed by atoms with Gasteiger partial charge in [0.15, 0.2) is 0 Å². The van der Waals surface area contributed by atoms with Gasteiger partial charge in [0.2, 0.25) is 0 Å². The fraction of sp³-hybridized carbons (Fsp3) is 0.0870. The number of ether oxygens (including phenoxy) is 1. The Kier molecular flexibility index (Phi) is 4.69. The molecule has 27 heavy (non-hydrogen) atoms. The van der Waals surface area contributed by atoms with Crippen LogP contribution in [-0.2, 0) is 4.74 Å². The van der Waals surface area contributed by atoms with Gasteiger partial charge in [0.25, 0.3) is 0 Å². The normalized spacial score (nSPS) is 10.9. The Bertz CT molecular complexity index is 1090. The van der Waals surface area contributed by atoms with Crippen molar-refractivity contribution >= 4 is 28.5 Å². The van der Waals surface area contributed by atoms with Gasteiger partial charge in [-0.3, -0.25) is 0 Å². The third-order valence-electron chi connectivity index (χ3n) is 4.39.